The molecule has 4 heteroatoms. The number of carbonyl (C=O) groups excluding carboxylic acids is 1. The van der Waals surface area contributed by atoms with Crippen LogP contribution in [0.3, 0.4) is 0 Å². The third-order valence-corrected chi connectivity index (χ3v) is 2.32. The van der Waals surface area contributed by atoms with Crippen LogP contribution >= 0.6 is 0 Å². The lowest BCUT2D eigenvalue weighted by Gasteiger charge is -2.15. The Balaban J connectivity index is 2.23. The Morgan fingerprint density at radius 2 is 2.13 bits per heavy atom. The van der Waals surface area contributed by atoms with Gasteiger partial charge in [0, 0.05) is 18.6 Å². The first kappa shape index (κ1) is 9.41. The second kappa shape index (κ2) is 3.93. The summed E-state index contributed by atoms with van der Waals surface area (Å²) in [6.07, 6.45) is 2.12. The molecule has 0 saturated carbocycles. The van der Waals surface area contributed by atoms with Crippen molar-refractivity contribution in [2.24, 2.45) is 5.10 Å². The Hall–Kier alpha value is -2.15. The highest BCUT2D eigenvalue weighted by molar-refractivity contribution is 5.86. The van der Waals surface area contributed by atoms with E-state index in [0.717, 1.165) is 5.56 Å². The van der Waals surface area contributed by atoms with E-state index in [2.05, 4.69) is 16.6 Å². The van der Waals surface area contributed by atoms with Gasteiger partial charge in [-0.3, -0.25) is 4.79 Å². The maximum atomic E-state index is 11.1. The molecule has 0 radical (unpaired) electrons. The summed E-state index contributed by atoms with van der Waals surface area (Å²) in [5, 5.41) is 12.4. The molecule has 15 heavy (non-hydrogen) atoms. The number of nitrogens with one attached hydrogen (secondary N) is 1. The van der Waals surface area contributed by atoms with Crippen LogP contribution in [0.4, 0.5) is 0 Å². The number of hydrogen-bond acceptors (Lipinski definition) is 3. The molecule has 0 fully saturated rings. The molecule has 1 aromatic rings. The van der Waals surface area contributed by atoms with Crippen molar-refractivity contribution in [2.45, 2.75) is 12.3 Å². The minimum absolute atomic E-state index is 0.0199. The monoisotopic (exact) mass is 199 g/mol. The zero-order valence-electron chi connectivity index (χ0n) is 7.97. The van der Waals surface area contributed by atoms with Crippen LogP contribution in [0, 0.1) is 11.3 Å². The molecule has 1 amide bonds. The molecule has 0 saturated heterocycles. The molecule has 2 rings (SSSR count). The number of amides is 1. The second-order valence-corrected chi connectivity index (χ2v) is 3.36. The van der Waals surface area contributed by atoms with Gasteiger partial charge in [0.25, 0.3) is 0 Å². The van der Waals surface area contributed by atoms with Gasteiger partial charge in [0.2, 0.25) is 5.91 Å². The highest BCUT2D eigenvalue weighted by Crippen LogP contribution is 2.19. The van der Waals surface area contributed by atoms with Crippen LogP contribution in [0.15, 0.2) is 29.4 Å². The number of carbonyl (C=O) groups is 1. The fourth-order valence-corrected chi connectivity index (χ4v) is 1.51. The van der Waals surface area contributed by atoms with Gasteiger partial charge in [0.1, 0.15) is 0 Å². The first-order chi connectivity index (χ1) is 7.29. The molecule has 4 nitrogen and oxygen atoms in total. The standard InChI is InChI=1S/C11H9N3O/c12-6-8-1-3-9(4-2-8)10-5-11(15)14-13-7-10/h1-4,7,10H,5H2,(H,14,15). The molecule has 1 aliphatic heterocycles. The Kier molecular flexibility index (Phi) is 2.46. The maximum Gasteiger partial charge on any atom is 0.241 e. The highest BCUT2D eigenvalue weighted by Gasteiger charge is 2.17. The fourth-order valence-electron chi connectivity index (χ4n) is 1.51. The smallest absolute Gasteiger partial charge is 0.241 e. The van der Waals surface area contributed by atoms with Gasteiger partial charge in [-0.1, -0.05) is 12.1 Å². The third-order valence-electron chi connectivity index (χ3n) is 2.32. The number of rotatable bonds is 1. The van der Waals surface area contributed by atoms with Crippen molar-refractivity contribution in [1.29, 1.82) is 5.26 Å². The van der Waals surface area contributed by atoms with Gasteiger partial charge in [-0.05, 0) is 17.7 Å². The van der Waals surface area contributed by atoms with Crippen molar-refractivity contribution in [2.75, 3.05) is 0 Å². The summed E-state index contributed by atoms with van der Waals surface area (Å²) in [6.45, 7) is 0. The van der Waals surface area contributed by atoms with Crippen molar-refractivity contribution >= 4 is 12.1 Å². The van der Waals surface area contributed by atoms with E-state index in [0.29, 0.717) is 12.0 Å². The Morgan fingerprint density at radius 1 is 1.40 bits per heavy atom. The number of hydrogen-bond donors (Lipinski definition) is 1. The van der Waals surface area contributed by atoms with Crippen molar-refractivity contribution in [3.05, 3.63) is 35.4 Å². The van der Waals surface area contributed by atoms with Crippen LogP contribution in [0.5, 0.6) is 0 Å². The van der Waals surface area contributed by atoms with E-state index >= 15 is 0 Å². The Labute approximate surface area is 87.2 Å². The van der Waals surface area contributed by atoms with Gasteiger partial charge >= 0.3 is 0 Å². The summed E-state index contributed by atoms with van der Waals surface area (Å²) in [6, 6.07) is 9.25. The third kappa shape index (κ3) is 2.02. The topological polar surface area (TPSA) is 65.2 Å². The summed E-state index contributed by atoms with van der Waals surface area (Å²) in [7, 11) is 0. The van der Waals surface area contributed by atoms with Gasteiger partial charge in [0.05, 0.1) is 11.6 Å². The molecule has 1 heterocycles. The number of hydrazone groups is 1. The lowest BCUT2D eigenvalue weighted by Crippen LogP contribution is -2.25. The van der Waals surface area contributed by atoms with Crippen molar-refractivity contribution < 1.29 is 4.79 Å². The van der Waals surface area contributed by atoms with Crippen LogP contribution in [-0.4, -0.2) is 12.1 Å². The van der Waals surface area contributed by atoms with Crippen LogP contribution in [0.2, 0.25) is 0 Å². The first-order valence-corrected chi connectivity index (χ1v) is 4.61. The van der Waals surface area contributed by atoms with Crippen LogP contribution in [0.25, 0.3) is 0 Å². The van der Waals surface area contributed by atoms with Crippen molar-refractivity contribution in [3.8, 4) is 6.07 Å². The molecular weight excluding hydrogens is 190 g/mol. The van der Waals surface area contributed by atoms with Gasteiger partial charge in [-0.15, -0.1) is 0 Å². The zero-order valence-corrected chi connectivity index (χ0v) is 7.97. The number of benzene rings is 1. The summed E-state index contributed by atoms with van der Waals surface area (Å²) in [4.78, 5) is 11.1. The number of nitriles is 1. The minimum Gasteiger partial charge on any atom is -0.273 e. The average molecular weight is 199 g/mol. The Morgan fingerprint density at radius 3 is 2.73 bits per heavy atom. The molecule has 1 N–H and O–H groups in total. The van der Waals surface area contributed by atoms with Gasteiger partial charge in [-0.25, -0.2) is 5.43 Å². The van der Waals surface area contributed by atoms with Crippen LogP contribution < -0.4 is 5.43 Å². The lowest BCUT2D eigenvalue weighted by atomic mass is 9.95. The van der Waals surface area contributed by atoms with E-state index in [1.807, 2.05) is 12.1 Å². The summed E-state index contributed by atoms with van der Waals surface area (Å²) in [5.41, 5.74) is 4.01. The fraction of sp³-hybridized carbons (Fsp3) is 0.182. The first-order valence-electron chi connectivity index (χ1n) is 4.61. The predicted molar refractivity (Wildman–Crippen MR) is 55.1 cm³/mol. The van der Waals surface area contributed by atoms with Gasteiger partial charge in [-0.2, -0.15) is 10.4 Å². The second-order valence-electron chi connectivity index (χ2n) is 3.36. The quantitative estimate of drug-likeness (QED) is 0.737. The van der Waals surface area contributed by atoms with E-state index in [9.17, 15) is 4.79 Å². The van der Waals surface area contributed by atoms with E-state index in [1.165, 1.54) is 0 Å². The van der Waals surface area contributed by atoms with Gasteiger partial charge < -0.3 is 0 Å². The number of nitrogens with zero attached hydrogens (tertiary/aromatic N) is 2. The molecule has 1 unspecified atom stereocenters. The van der Waals surface area contributed by atoms with Gasteiger partial charge in [0.15, 0.2) is 0 Å². The molecule has 0 aromatic heterocycles. The molecule has 0 aliphatic carbocycles. The molecule has 0 spiro atoms. The van der Waals surface area contributed by atoms with Crippen molar-refractivity contribution in [1.82, 2.24) is 5.43 Å². The minimum atomic E-state index is -0.0770. The van der Waals surface area contributed by atoms with Crippen LogP contribution in [-0.2, 0) is 4.79 Å². The zero-order chi connectivity index (χ0) is 10.7. The van der Waals surface area contributed by atoms with E-state index in [4.69, 9.17) is 5.26 Å². The molecule has 74 valence electrons. The predicted octanol–water partition coefficient (Wildman–Crippen LogP) is 1.15. The maximum absolute atomic E-state index is 11.1. The lowest BCUT2D eigenvalue weighted by molar-refractivity contribution is -0.121. The Bertz CT molecular complexity index is 442. The van der Waals surface area contributed by atoms with E-state index < -0.39 is 0 Å². The highest BCUT2D eigenvalue weighted by atomic mass is 16.2. The summed E-state index contributed by atoms with van der Waals surface area (Å²) < 4.78 is 0. The molecule has 1 aromatic carbocycles. The molecule has 1 aliphatic rings. The molecule has 1 atom stereocenters. The van der Waals surface area contributed by atoms with E-state index in [1.54, 1.807) is 18.3 Å². The largest absolute Gasteiger partial charge is 0.273 e. The molecular formula is C11H9N3O. The van der Waals surface area contributed by atoms with E-state index in [-0.39, 0.29) is 11.8 Å². The summed E-state index contributed by atoms with van der Waals surface area (Å²) in [5.74, 6) is -0.0571. The van der Waals surface area contributed by atoms with Crippen LogP contribution in [0.1, 0.15) is 23.5 Å². The average Bonchev–Trinajstić information content (AvgIpc) is 2.29. The normalized spacial score (nSPS) is 19.4. The molecule has 0 bridgehead atoms. The van der Waals surface area contributed by atoms with Crippen molar-refractivity contribution in [3.63, 3.8) is 0 Å². The summed E-state index contributed by atoms with van der Waals surface area (Å²) >= 11 is 0. The SMILES string of the molecule is N#Cc1ccc(C2C=NNC(=O)C2)cc1.